The number of para-hydroxylation sites is 2. The van der Waals surface area contributed by atoms with Gasteiger partial charge in [-0.1, -0.05) is 55.5 Å². The molecule has 122 valence electrons. The summed E-state index contributed by atoms with van der Waals surface area (Å²) >= 11 is 0. The minimum atomic E-state index is 0.826. The van der Waals surface area contributed by atoms with Gasteiger partial charge in [-0.25, -0.2) is 0 Å². The van der Waals surface area contributed by atoms with E-state index in [2.05, 4.69) is 78.2 Å². The molecule has 0 aliphatic heterocycles. The first kappa shape index (κ1) is 16.3. The molecule has 3 rings (SSSR count). The van der Waals surface area contributed by atoms with Gasteiger partial charge in [0.25, 0.3) is 0 Å². The third-order valence-corrected chi connectivity index (χ3v) is 4.40. The van der Waals surface area contributed by atoms with Crippen LogP contribution in [0.2, 0.25) is 0 Å². The van der Waals surface area contributed by atoms with Crippen LogP contribution < -0.4 is 4.90 Å². The van der Waals surface area contributed by atoms with E-state index in [1.54, 1.807) is 0 Å². The maximum Gasteiger partial charge on any atom is 0.0859 e. The molecule has 24 heavy (non-hydrogen) atoms. The standard InChI is InChI=1S/C22H24N2/c1-3-18-13-15-19(16-14-18)17-24(20-9-5-4-6-10-20)22-12-8-7-11-21(22)23-2/h5,7-16H,2-4,6,17H2,1H3. The van der Waals surface area contributed by atoms with Crippen molar-refractivity contribution < 1.29 is 0 Å². The summed E-state index contributed by atoms with van der Waals surface area (Å²) < 4.78 is 0. The fourth-order valence-electron chi connectivity index (χ4n) is 3.00. The van der Waals surface area contributed by atoms with Crippen molar-refractivity contribution in [2.75, 3.05) is 4.90 Å². The molecule has 2 heteroatoms. The zero-order chi connectivity index (χ0) is 16.8. The zero-order valence-electron chi connectivity index (χ0n) is 14.3. The van der Waals surface area contributed by atoms with E-state index >= 15 is 0 Å². The SMILES string of the molecule is C=Nc1ccccc1N(Cc1ccc(CC)cc1)C1=CCCC=C1. The molecule has 2 aromatic carbocycles. The average molecular weight is 316 g/mol. The topological polar surface area (TPSA) is 15.6 Å². The van der Waals surface area contributed by atoms with E-state index in [1.165, 1.54) is 16.8 Å². The predicted molar refractivity (Wildman–Crippen MR) is 104 cm³/mol. The lowest BCUT2D eigenvalue weighted by molar-refractivity contribution is 0.898. The van der Waals surface area contributed by atoms with Crippen LogP contribution in [0.15, 0.2) is 77.4 Å². The fourth-order valence-corrected chi connectivity index (χ4v) is 3.00. The molecule has 0 aromatic heterocycles. The zero-order valence-corrected chi connectivity index (χ0v) is 14.3. The molecule has 0 heterocycles. The minimum absolute atomic E-state index is 0.826. The van der Waals surface area contributed by atoms with E-state index in [0.717, 1.165) is 37.2 Å². The van der Waals surface area contributed by atoms with Crippen molar-refractivity contribution in [1.29, 1.82) is 0 Å². The molecule has 1 aliphatic rings. The van der Waals surface area contributed by atoms with Gasteiger partial charge in [-0.3, -0.25) is 4.99 Å². The Morgan fingerprint density at radius 3 is 2.42 bits per heavy atom. The normalized spacial score (nSPS) is 13.5. The van der Waals surface area contributed by atoms with E-state index in [1.807, 2.05) is 12.1 Å². The monoisotopic (exact) mass is 316 g/mol. The number of benzene rings is 2. The number of hydrogen-bond donors (Lipinski definition) is 0. The smallest absolute Gasteiger partial charge is 0.0859 e. The average Bonchev–Trinajstić information content (AvgIpc) is 2.67. The van der Waals surface area contributed by atoms with Crippen LogP contribution in [0.3, 0.4) is 0 Å². The number of nitrogens with zero attached hydrogens (tertiary/aromatic N) is 2. The molecule has 0 saturated heterocycles. The fraction of sp³-hybridized carbons (Fsp3) is 0.227. The number of aliphatic imine (C=N–C) groups is 1. The molecule has 0 atom stereocenters. The molecule has 0 bridgehead atoms. The van der Waals surface area contributed by atoms with Crippen LogP contribution in [0.5, 0.6) is 0 Å². The second-order valence-electron chi connectivity index (χ2n) is 6.01. The lowest BCUT2D eigenvalue weighted by atomic mass is 10.1. The highest BCUT2D eigenvalue weighted by Gasteiger charge is 2.15. The summed E-state index contributed by atoms with van der Waals surface area (Å²) in [6.07, 6.45) is 10.0. The van der Waals surface area contributed by atoms with Gasteiger partial charge in [0, 0.05) is 12.2 Å². The van der Waals surface area contributed by atoms with Crippen molar-refractivity contribution in [2.24, 2.45) is 4.99 Å². The van der Waals surface area contributed by atoms with E-state index in [0.29, 0.717) is 0 Å². The lowest BCUT2D eigenvalue weighted by Crippen LogP contribution is -2.22. The van der Waals surface area contributed by atoms with Crippen LogP contribution in [-0.4, -0.2) is 6.72 Å². The van der Waals surface area contributed by atoms with E-state index in [-0.39, 0.29) is 0 Å². The van der Waals surface area contributed by atoms with Gasteiger partial charge in [-0.2, -0.15) is 0 Å². The summed E-state index contributed by atoms with van der Waals surface area (Å²) in [5.41, 5.74) is 5.92. The van der Waals surface area contributed by atoms with Gasteiger partial charge in [0.2, 0.25) is 0 Å². The largest absolute Gasteiger partial charge is 0.336 e. The Kier molecular flexibility index (Phi) is 5.27. The highest BCUT2D eigenvalue weighted by atomic mass is 15.1. The Morgan fingerprint density at radius 1 is 1.00 bits per heavy atom. The molecular weight excluding hydrogens is 292 g/mol. The maximum atomic E-state index is 4.21. The summed E-state index contributed by atoms with van der Waals surface area (Å²) in [5, 5.41) is 0. The molecule has 0 saturated carbocycles. The van der Waals surface area contributed by atoms with Gasteiger partial charge in [0.1, 0.15) is 0 Å². The Labute approximate surface area is 144 Å². The summed E-state index contributed by atoms with van der Waals surface area (Å²) in [4.78, 5) is 6.55. The van der Waals surface area contributed by atoms with Gasteiger partial charge in [-0.15, -0.1) is 0 Å². The van der Waals surface area contributed by atoms with Crippen LogP contribution in [0.4, 0.5) is 11.4 Å². The molecular formula is C22H24N2. The summed E-state index contributed by atoms with van der Waals surface area (Å²) in [6, 6.07) is 17.1. The maximum absolute atomic E-state index is 4.21. The summed E-state index contributed by atoms with van der Waals surface area (Å²) in [7, 11) is 0. The van der Waals surface area contributed by atoms with Crippen molar-refractivity contribution in [3.8, 4) is 0 Å². The number of aryl methyl sites for hydroxylation is 1. The van der Waals surface area contributed by atoms with Gasteiger partial charge >= 0.3 is 0 Å². The van der Waals surface area contributed by atoms with Crippen molar-refractivity contribution in [3.63, 3.8) is 0 Å². The summed E-state index contributed by atoms with van der Waals surface area (Å²) in [5.74, 6) is 0. The Bertz CT molecular complexity index is 754. The molecule has 0 amide bonds. The van der Waals surface area contributed by atoms with Crippen LogP contribution in [0.25, 0.3) is 0 Å². The number of rotatable bonds is 6. The van der Waals surface area contributed by atoms with E-state index in [4.69, 9.17) is 0 Å². The molecule has 0 unspecified atom stereocenters. The lowest BCUT2D eigenvalue weighted by Gasteiger charge is -2.28. The molecule has 0 N–H and O–H groups in total. The van der Waals surface area contributed by atoms with E-state index in [9.17, 15) is 0 Å². The Hall–Kier alpha value is -2.61. The minimum Gasteiger partial charge on any atom is -0.336 e. The molecule has 0 spiro atoms. The molecule has 2 nitrogen and oxygen atoms in total. The molecule has 2 aromatic rings. The third-order valence-electron chi connectivity index (χ3n) is 4.40. The Balaban J connectivity index is 1.96. The van der Waals surface area contributed by atoms with Gasteiger partial charge in [0.15, 0.2) is 0 Å². The van der Waals surface area contributed by atoms with Gasteiger partial charge in [0.05, 0.1) is 11.4 Å². The second-order valence-corrected chi connectivity index (χ2v) is 6.01. The van der Waals surface area contributed by atoms with E-state index < -0.39 is 0 Å². The van der Waals surface area contributed by atoms with Crippen LogP contribution in [-0.2, 0) is 13.0 Å². The van der Waals surface area contributed by atoms with Crippen LogP contribution >= 0.6 is 0 Å². The number of hydrogen-bond acceptors (Lipinski definition) is 2. The van der Waals surface area contributed by atoms with Gasteiger partial charge in [-0.05, 0) is 55.3 Å². The first-order chi connectivity index (χ1) is 11.8. The first-order valence-corrected chi connectivity index (χ1v) is 8.59. The number of anilines is 1. The molecule has 1 aliphatic carbocycles. The molecule has 0 radical (unpaired) electrons. The predicted octanol–water partition coefficient (Wildman–Crippen LogP) is 5.82. The van der Waals surface area contributed by atoms with Crippen LogP contribution in [0.1, 0.15) is 30.9 Å². The number of allylic oxidation sites excluding steroid dienone is 3. The molecule has 0 fully saturated rings. The highest BCUT2D eigenvalue weighted by Crippen LogP contribution is 2.33. The van der Waals surface area contributed by atoms with Crippen molar-refractivity contribution >= 4 is 18.1 Å². The van der Waals surface area contributed by atoms with Crippen molar-refractivity contribution in [1.82, 2.24) is 0 Å². The Morgan fingerprint density at radius 2 is 1.75 bits per heavy atom. The van der Waals surface area contributed by atoms with Crippen molar-refractivity contribution in [2.45, 2.75) is 32.7 Å². The second kappa shape index (κ2) is 7.78. The van der Waals surface area contributed by atoms with Gasteiger partial charge < -0.3 is 4.90 Å². The third kappa shape index (κ3) is 3.65. The first-order valence-electron chi connectivity index (χ1n) is 8.59. The summed E-state index contributed by atoms with van der Waals surface area (Å²) in [6.45, 7) is 6.75. The quantitative estimate of drug-likeness (QED) is 0.613. The van der Waals surface area contributed by atoms with Crippen LogP contribution in [0, 0.1) is 0 Å². The highest BCUT2D eigenvalue weighted by molar-refractivity contribution is 5.72. The van der Waals surface area contributed by atoms with Crippen molar-refractivity contribution in [3.05, 3.63) is 83.6 Å².